The summed E-state index contributed by atoms with van der Waals surface area (Å²) in [5, 5.41) is 32.6. The summed E-state index contributed by atoms with van der Waals surface area (Å²) in [4.78, 5) is 12.8. The molecule has 1 unspecified atom stereocenters. The van der Waals surface area contributed by atoms with E-state index in [9.17, 15) is 15.3 Å². The van der Waals surface area contributed by atoms with Gasteiger partial charge < -0.3 is 30.1 Å². The number of nitrogens with zero attached hydrogens (tertiary/aromatic N) is 4. The maximum absolute atomic E-state index is 10.2. The predicted octanol–water partition coefficient (Wildman–Crippen LogP) is -1.11. The maximum Gasteiger partial charge on any atom is 0.167 e. The average molecular weight is 351 g/mol. The summed E-state index contributed by atoms with van der Waals surface area (Å²) in [5.74, 6) is 1.04. The Morgan fingerprint density at radius 3 is 2.84 bits per heavy atom. The number of nitrogens with one attached hydrogen (secondary N) is 1. The van der Waals surface area contributed by atoms with Gasteiger partial charge in [0.15, 0.2) is 23.2 Å². The summed E-state index contributed by atoms with van der Waals surface area (Å²) in [6.07, 6.45) is -0.162. The molecule has 0 aromatic carbocycles. The van der Waals surface area contributed by atoms with Crippen LogP contribution in [-0.2, 0) is 9.47 Å². The molecular formula is C15H21N5O5. The van der Waals surface area contributed by atoms with Crippen molar-refractivity contribution in [3.05, 3.63) is 12.7 Å². The van der Waals surface area contributed by atoms with Crippen molar-refractivity contribution in [2.24, 2.45) is 5.92 Å². The van der Waals surface area contributed by atoms with Crippen LogP contribution in [0, 0.1) is 5.92 Å². The summed E-state index contributed by atoms with van der Waals surface area (Å²) >= 11 is 0. The molecule has 4 N–H and O–H groups in total. The molecule has 4 heterocycles. The minimum absolute atomic E-state index is 0.382. The van der Waals surface area contributed by atoms with Crippen LogP contribution in [0.3, 0.4) is 0 Å². The number of aliphatic hydroxyl groups is 3. The Morgan fingerprint density at radius 2 is 2.12 bits per heavy atom. The van der Waals surface area contributed by atoms with Crippen molar-refractivity contribution in [1.29, 1.82) is 0 Å². The molecule has 5 atom stereocenters. The van der Waals surface area contributed by atoms with Crippen LogP contribution in [0.5, 0.6) is 0 Å². The molecule has 0 radical (unpaired) electrons. The van der Waals surface area contributed by atoms with Gasteiger partial charge in [-0.15, -0.1) is 0 Å². The van der Waals surface area contributed by atoms with Crippen LogP contribution in [0.4, 0.5) is 5.82 Å². The molecule has 0 spiro atoms. The molecule has 10 nitrogen and oxygen atoms in total. The molecule has 0 bridgehead atoms. The number of aliphatic hydroxyl groups excluding tert-OH is 3. The topological polar surface area (TPSA) is 135 Å². The van der Waals surface area contributed by atoms with Gasteiger partial charge in [0.2, 0.25) is 0 Å². The second-order valence-corrected chi connectivity index (χ2v) is 6.39. The van der Waals surface area contributed by atoms with E-state index < -0.39 is 24.5 Å². The Kier molecular flexibility index (Phi) is 4.52. The molecule has 4 rings (SSSR count). The number of hydrogen-bond donors (Lipinski definition) is 4. The van der Waals surface area contributed by atoms with Crippen LogP contribution in [0.25, 0.3) is 11.2 Å². The van der Waals surface area contributed by atoms with E-state index in [-0.39, 0.29) is 6.61 Å². The van der Waals surface area contributed by atoms with Crippen molar-refractivity contribution in [2.45, 2.75) is 31.0 Å². The Balaban J connectivity index is 1.58. The smallest absolute Gasteiger partial charge is 0.167 e. The molecule has 25 heavy (non-hydrogen) atoms. The zero-order valence-corrected chi connectivity index (χ0v) is 13.5. The Hall–Kier alpha value is -1.85. The predicted molar refractivity (Wildman–Crippen MR) is 85.7 cm³/mol. The van der Waals surface area contributed by atoms with Crippen molar-refractivity contribution in [2.75, 3.05) is 31.7 Å². The second-order valence-electron chi connectivity index (χ2n) is 6.39. The van der Waals surface area contributed by atoms with Gasteiger partial charge in [-0.1, -0.05) is 0 Å². The highest BCUT2D eigenvalue weighted by Gasteiger charge is 2.44. The third kappa shape index (κ3) is 2.96. The van der Waals surface area contributed by atoms with Crippen LogP contribution in [0.15, 0.2) is 12.7 Å². The van der Waals surface area contributed by atoms with E-state index in [0.29, 0.717) is 22.9 Å². The first-order valence-electron chi connectivity index (χ1n) is 8.30. The van der Waals surface area contributed by atoms with E-state index >= 15 is 0 Å². The first-order chi connectivity index (χ1) is 12.2. The van der Waals surface area contributed by atoms with E-state index in [1.165, 1.54) is 12.7 Å². The Morgan fingerprint density at radius 1 is 1.24 bits per heavy atom. The van der Waals surface area contributed by atoms with Gasteiger partial charge in [-0.05, 0) is 6.42 Å². The van der Waals surface area contributed by atoms with Crippen LogP contribution in [0.2, 0.25) is 0 Å². The first-order valence-corrected chi connectivity index (χ1v) is 8.30. The van der Waals surface area contributed by atoms with Gasteiger partial charge in [0.25, 0.3) is 0 Å². The monoisotopic (exact) mass is 351 g/mol. The highest BCUT2D eigenvalue weighted by atomic mass is 16.6. The minimum atomic E-state index is -1.18. The van der Waals surface area contributed by atoms with Gasteiger partial charge in [0.1, 0.15) is 24.6 Å². The summed E-state index contributed by atoms with van der Waals surface area (Å²) in [6.45, 7) is 1.86. The summed E-state index contributed by atoms with van der Waals surface area (Å²) in [7, 11) is 0. The zero-order chi connectivity index (χ0) is 17.4. The average Bonchev–Trinajstić information content (AvgIpc) is 3.34. The second kappa shape index (κ2) is 6.81. The molecule has 2 aromatic rings. The largest absolute Gasteiger partial charge is 0.394 e. The van der Waals surface area contributed by atoms with E-state index in [1.54, 1.807) is 4.57 Å². The van der Waals surface area contributed by atoms with Crippen molar-refractivity contribution < 1.29 is 24.8 Å². The number of hydrogen-bond acceptors (Lipinski definition) is 9. The molecule has 0 saturated carbocycles. The lowest BCUT2D eigenvalue weighted by Gasteiger charge is -2.16. The number of rotatable bonds is 5. The lowest BCUT2D eigenvalue weighted by atomic mass is 10.1. The first kappa shape index (κ1) is 16.6. The third-order valence-corrected chi connectivity index (χ3v) is 4.73. The highest BCUT2D eigenvalue weighted by molar-refractivity contribution is 5.82. The van der Waals surface area contributed by atoms with E-state index in [2.05, 4.69) is 20.3 Å². The normalized spacial score (nSPS) is 32.5. The van der Waals surface area contributed by atoms with Crippen molar-refractivity contribution in [3.63, 3.8) is 0 Å². The standard InChI is InChI=1S/C15H21N5O5/c21-4-9-11(22)12(23)15(25-9)20-7-19-10-13(17-6-18-14(10)20)16-3-8-1-2-24-5-8/h6-9,11-12,15,21-23H,1-5H2,(H,16,17,18)/t8?,9-,11-,12-,15-/m1/s1. The number of anilines is 1. The Bertz CT molecular complexity index is 734. The fraction of sp³-hybridized carbons (Fsp3) is 0.667. The minimum Gasteiger partial charge on any atom is -0.394 e. The third-order valence-electron chi connectivity index (χ3n) is 4.73. The van der Waals surface area contributed by atoms with Crippen molar-refractivity contribution >= 4 is 17.0 Å². The highest BCUT2D eigenvalue weighted by Crippen LogP contribution is 2.32. The van der Waals surface area contributed by atoms with Gasteiger partial charge in [0, 0.05) is 19.1 Å². The molecule has 10 heteroatoms. The molecule has 2 aliphatic rings. The van der Waals surface area contributed by atoms with Crippen LogP contribution < -0.4 is 5.32 Å². The van der Waals surface area contributed by atoms with Gasteiger partial charge in [-0.25, -0.2) is 15.0 Å². The van der Waals surface area contributed by atoms with Gasteiger partial charge in [-0.3, -0.25) is 4.57 Å². The van der Waals surface area contributed by atoms with Crippen molar-refractivity contribution in [1.82, 2.24) is 19.5 Å². The number of imidazole rings is 1. The molecular weight excluding hydrogens is 330 g/mol. The molecule has 136 valence electrons. The molecule has 0 aliphatic carbocycles. The number of ether oxygens (including phenoxy) is 2. The van der Waals surface area contributed by atoms with E-state index in [4.69, 9.17) is 9.47 Å². The fourth-order valence-corrected chi connectivity index (χ4v) is 3.26. The molecule has 2 aliphatic heterocycles. The summed E-state index contributed by atoms with van der Waals surface area (Å²) < 4.78 is 12.5. The number of fused-ring (bicyclic) bond motifs is 1. The summed E-state index contributed by atoms with van der Waals surface area (Å²) in [6, 6.07) is 0. The van der Waals surface area contributed by atoms with Gasteiger partial charge in [0.05, 0.1) is 19.5 Å². The van der Waals surface area contributed by atoms with Gasteiger partial charge in [-0.2, -0.15) is 0 Å². The van der Waals surface area contributed by atoms with Crippen LogP contribution in [0.1, 0.15) is 12.6 Å². The molecule has 2 aromatic heterocycles. The van der Waals surface area contributed by atoms with Crippen LogP contribution in [-0.4, -0.2) is 79.5 Å². The SMILES string of the molecule is OC[C@H]1O[C@@H](n2cnc3c(NCC4CCOC4)ncnc32)[C@H](O)[C@@H]1O. The fourth-order valence-electron chi connectivity index (χ4n) is 3.26. The van der Waals surface area contributed by atoms with Crippen molar-refractivity contribution in [3.8, 4) is 0 Å². The zero-order valence-electron chi connectivity index (χ0n) is 13.5. The molecule has 2 fully saturated rings. The van der Waals surface area contributed by atoms with Gasteiger partial charge >= 0.3 is 0 Å². The van der Waals surface area contributed by atoms with E-state index in [1.807, 2.05) is 0 Å². The lowest BCUT2D eigenvalue weighted by molar-refractivity contribution is -0.0511. The summed E-state index contributed by atoms with van der Waals surface area (Å²) in [5.41, 5.74) is 1.04. The quantitative estimate of drug-likeness (QED) is 0.528. The molecule has 0 amide bonds. The Labute approximate surface area is 143 Å². The lowest BCUT2D eigenvalue weighted by Crippen LogP contribution is -2.33. The maximum atomic E-state index is 10.2. The van der Waals surface area contributed by atoms with E-state index in [0.717, 1.165) is 26.2 Å². The molecule has 2 saturated heterocycles. The van der Waals surface area contributed by atoms with Crippen LogP contribution >= 0.6 is 0 Å². The number of aromatic nitrogens is 4.